The predicted molar refractivity (Wildman–Crippen MR) is 94.4 cm³/mol. The first-order valence-electron chi connectivity index (χ1n) is 7.21. The lowest BCUT2D eigenvalue weighted by Crippen LogP contribution is -2.45. The van der Waals surface area contributed by atoms with Crippen LogP contribution in [0.2, 0.25) is 0 Å². The zero-order valence-electron chi connectivity index (χ0n) is 12.9. The molecule has 1 saturated carbocycles. The Morgan fingerprint density at radius 2 is 1.90 bits per heavy atom. The van der Waals surface area contributed by atoms with E-state index >= 15 is 0 Å². The van der Waals surface area contributed by atoms with E-state index in [-0.39, 0.29) is 35.4 Å². The van der Waals surface area contributed by atoms with E-state index in [1.54, 1.807) is 0 Å². The first-order chi connectivity index (χ1) is 8.87. The highest BCUT2D eigenvalue weighted by Crippen LogP contribution is 2.27. The summed E-state index contributed by atoms with van der Waals surface area (Å²) in [5, 5.41) is 5.98. The molecule has 1 aliphatic rings. The number of aliphatic imine (C=N–C) groups is 1. The number of nitrogens with two attached hydrogens (primary N) is 1. The molecule has 0 aromatic rings. The summed E-state index contributed by atoms with van der Waals surface area (Å²) in [6, 6.07) is 0. The molecule has 1 amide bonds. The van der Waals surface area contributed by atoms with Crippen LogP contribution < -0.4 is 16.4 Å². The Labute approximate surface area is 139 Å². The number of carbonyl (C=O) groups excluding carboxylic acids is 1. The molecule has 20 heavy (non-hydrogen) atoms. The molecule has 1 aliphatic carbocycles. The van der Waals surface area contributed by atoms with Gasteiger partial charge < -0.3 is 16.4 Å². The molecular weight excluding hydrogens is 367 g/mol. The lowest BCUT2D eigenvalue weighted by atomic mass is 10.0. The quantitative estimate of drug-likeness (QED) is 0.288. The average molecular weight is 396 g/mol. The Morgan fingerprint density at radius 1 is 1.30 bits per heavy atom. The van der Waals surface area contributed by atoms with E-state index in [4.69, 9.17) is 5.73 Å². The fourth-order valence-corrected chi connectivity index (χ4v) is 2.34. The van der Waals surface area contributed by atoms with Gasteiger partial charge in [-0.3, -0.25) is 9.79 Å². The zero-order chi connectivity index (χ0) is 14.3. The van der Waals surface area contributed by atoms with Crippen LogP contribution in [0.3, 0.4) is 0 Å². The fourth-order valence-electron chi connectivity index (χ4n) is 2.34. The third-order valence-corrected chi connectivity index (χ3v) is 3.17. The minimum atomic E-state index is -0.0840. The van der Waals surface area contributed by atoms with Crippen LogP contribution in [0.5, 0.6) is 0 Å². The number of nitrogens with one attached hydrogen (secondary N) is 2. The van der Waals surface area contributed by atoms with Crippen LogP contribution in [0.25, 0.3) is 0 Å². The molecule has 118 valence electrons. The van der Waals surface area contributed by atoms with Crippen molar-refractivity contribution in [1.82, 2.24) is 10.6 Å². The molecule has 0 aliphatic heterocycles. The minimum absolute atomic E-state index is 0. The first-order valence-corrected chi connectivity index (χ1v) is 7.21. The summed E-state index contributed by atoms with van der Waals surface area (Å²) in [5.74, 6) is 1.16. The van der Waals surface area contributed by atoms with Gasteiger partial charge in [0.15, 0.2) is 5.96 Å². The fraction of sp³-hybridized carbons (Fsp3) is 0.857. The SMILES string of the molecule is CC(C)(C)NC(N)=NCCNC(=O)CC1CCCC1.I. The predicted octanol–water partition coefficient (Wildman–Crippen LogP) is 2.00. The standard InChI is InChI=1S/C14H28N4O.HI/c1-14(2,3)18-13(15)17-9-8-16-12(19)10-11-6-4-5-7-11;/h11H,4-10H2,1-3H3,(H,16,19)(H3,15,17,18);1H. The van der Waals surface area contributed by atoms with Gasteiger partial charge in [0.1, 0.15) is 0 Å². The van der Waals surface area contributed by atoms with Crippen LogP contribution >= 0.6 is 24.0 Å². The van der Waals surface area contributed by atoms with E-state index in [9.17, 15) is 4.79 Å². The van der Waals surface area contributed by atoms with Crippen molar-refractivity contribution in [3.05, 3.63) is 0 Å². The van der Waals surface area contributed by atoms with Gasteiger partial charge in [-0.05, 0) is 39.5 Å². The highest BCUT2D eigenvalue weighted by Gasteiger charge is 2.17. The number of halogens is 1. The van der Waals surface area contributed by atoms with E-state index in [0.717, 1.165) is 0 Å². The maximum Gasteiger partial charge on any atom is 0.220 e. The molecule has 0 saturated heterocycles. The van der Waals surface area contributed by atoms with E-state index in [1.165, 1.54) is 25.7 Å². The Bertz CT molecular complexity index is 320. The summed E-state index contributed by atoms with van der Waals surface area (Å²) in [6.45, 7) is 7.15. The van der Waals surface area contributed by atoms with Crippen LogP contribution in [0.1, 0.15) is 52.9 Å². The van der Waals surface area contributed by atoms with Crippen molar-refractivity contribution in [3.63, 3.8) is 0 Å². The highest BCUT2D eigenvalue weighted by atomic mass is 127. The molecule has 6 heteroatoms. The van der Waals surface area contributed by atoms with Crippen molar-refractivity contribution >= 4 is 35.8 Å². The van der Waals surface area contributed by atoms with Gasteiger partial charge in [0, 0.05) is 18.5 Å². The number of rotatable bonds is 5. The summed E-state index contributed by atoms with van der Waals surface area (Å²) in [6.07, 6.45) is 5.62. The Morgan fingerprint density at radius 3 is 2.45 bits per heavy atom. The normalized spacial score (nSPS) is 16.6. The summed E-state index contributed by atoms with van der Waals surface area (Å²) in [7, 11) is 0. The Hall–Kier alpha value is -0.530. The van der Waals surface area contributed by atoms with Gasteiger partial charge in [-0.25, -0.2) is 0 Å². The smallest absolute Gasteiger partial charge is 0.220 e. The van der Waals surface area contributed by atoms with Crippen LogP contribution in [0.15, 0.2) is 4.99 Å². The second kappa shape index (κ2) is 9.41. The summed E-state index contributed by atoms with van der Waals surface area (Å²) < 4.78 is 0. The van der Waals surface area contributed by atoms with Gasteiger partial charge in [-0.1, -0.05) is 12.8 Å². The monoisotopic (exact) mass is 396 g/mol. The molecule has 1 fully saturated rings. The molecule has 0 atom stereocenters. The van der Waals surface area contributed by atoms with Crippen LogP contribution in [-0.2, 0) is 4.79 Å². The first kappa shape index (κ1) is 19.5. The van der Waals surface area contributed by atoms with Gasteiger partial charge in [0.2, 0.25) is 5.91 Å². The van der Waals surface area contributed by atoms with E-state index in [1.807, 2.05) is 20.8 Å². The summed E-state index contributed by atoms with van der Waals surface area (Å²) in [5.41, 5.74) is 5.65. The van der Waals surface area contributed by atoms with E-state index in [0.29, 0.717) is 31.4 Å². The minimum Gasteiger partial charge on any atom is -0.370 e. The van der Waals surface area contributed by atoms with Crippen LogP contribution in [-0.4, -0.2) is 30.5 Å². The molecule has 0 unspecified atom stereocenters. The van der Waals surface area contributed by atoms with Gasteiger partial charge in [-0.15, -0.1) is 24.0 Å². The molecule has 4 N–H and O–H groups in total. The maximum absolute atomic E-state index is 11.7. The van der Waals surface area contributed by atoms with Crippen molar-refractivity contribution in [3.8, 4) is 0 Å². The van der Waals surface area contributed by atoms with E-state index in [2.05, 4.69) is 15.6 Å². The van der Waals surface area contributed by atoms with Crippen molar-refractivity contribution in [2.75, 3.05) is 13.1 Å². The molecule has 0 aromatic heterocycles. The van der Waals surface area contributed by atoms with Crippen molar-refractivity contribution in [1.29, 1.82) is 0 Å². The second-order valence-corrected chi connectivity index (χ2v) is 6.35. The number of carbonyl (C=O) groups is 1. The Balaban J connectivity index is 0.00000361. The van der Waals surface area contributed by atoms with Crippen molar-refractivity contribution in [2.45, 2.75) is 58.4 Å². The number of nitrogens with zero attached hydrogens (tertiary/aromatic N) is 1. The molecule has 0 spiro atoms. The molecule has 0 aromatic carbocycles. The summed E-state index contributed by atoms with van der Waals surface area (Å²) >= 11 is 0. The molecule has 0 heterocycles. The topological polar surface area (TPSA) is 79.5 Å². The lowest BCUT2D eigenvalue weighted by Gasteiger charge is -2.21. The van der Waals surface area contributed by atoms with Gasteiger partial charge in [0.25, 0.3) is 0 Å². The average Bonchev–Trinajstić information content (AvgIpc) is 2.74. The number of amides is 1. The second-order valence-electron chi connectivity index (χ2n) is 6.35. The number of hydrogen-bond donors (Lipinski definition) is 3. The lowest BCUT2D eigenvalue weighted by molar-refractivity contribution is -0.121. The van der Waals surface area contributed by atoms with Crippen molar-refractivity contribution in [2.24, 2.45) is 16.6 Å². The van der Waals surface area contributed by atoms with Crippen LogP contribution in [0, 0.1) is 5.92 Å². The summed E-state index contributed by atoms with van der Waals surface area (Å²) in [4.78, 5) is 15.8. The number of guanidine groups is 1. The highest BCUT2D eigenvalue weighted by molar-refractivity contribution is 14.0. The largest absolute Gasteiger partial charge is 0.370 e. The Kier molecular flexibility index (Phi) is 9.16. The third kappa shape index (κ3) is 9.39. The van der Waals surface area contributed by atoms with E-state index < -0.39 is 0 Å². The molecule has 0 radical (unpaired) electrons. The third-order valence-electron chi connectivity index (χ3n) is 3.17. The van der Waals surface area contributed by atoms with Gasteiger partial charge >= 0.3 is 0 Å². The number of hydrogen-bond acceptors (Lipinski definition) is 2. The molecular formula is C14H29IN4O. The van der Waals surface area contributed by atoms with Gasteiger partial charge in [-0.2, -0.15) is 0 Å². The molecule has 0 bridgehead atoms. The molecule has 5 nitrogen and oxygen atoms in total. The molecule has 1 rings (SSSR count). The van der Waals surface area contributed by atoms with Crippen molar-refractivity contribution < 1.29 is 4.79 Å². The van der Waals surface area contributed by atoms with Gasteiger partial charge in [0.05, 0.1) is 6.54 Å². The van der Waals surface area contributed by atoms with Crippen LogP contribution in [0.4, 0.5) is 0 Å². The zero-order valence-corrected chi connectivity index (χ0v) is 15.2. The maximum atomic E-state index is 11.7.